The Morgan fingerprint density at radius 1 is 1.10 bits per heavy atom. The molecule has 3 N–H and O–H groups in total. The number of amides is 1. The topological polar surface area (TPSA) is 126 Å². The minimum atomic E-state index is -3.74. The number of nitrogens with one attached hydrogen (secondary N) is 3. The molecule has 1 aromatic heterocycles. The molecule has 3 aromatic rings. The van der Waals surface area contributed by atoms with Gasteiger partial charge in [0, 0.05) is 6.54 Å². The predicted octanol–water partition coefficient (Wildman–Crippen LogP) is 2.05. The number of aromatic amines is 1. The number of rotatable bonds is 9. The number of ether oxygens (including phenoxy) is 1. The molecule has 0 fully saturated rings. The van der Waals surface area contributed by atoms with Crippen molar-refractivity contribution in [3.63, 3.8) is 0 Å². The molecule has 0 radical (unpaired) electrons. The fourth-order valence-electron chi connectivity index (χ4n) is 2.70. The van der Waals surface area contributed by atoms with Crippen LogP contribution in [0.3, 0.4) is 0 Å². The second-order valence-corrected chi connectivity index (χ2v) is 8.42. The first-order chi connectivity index (χ1) is 14.4. The zero-order valence-corrected chi connectivity index (χ0v) is 17.2. The van der Waals surface area contributed by atoms with E-state index in [0.717, 1.165) is 5.56 Å². The Morgan fingerprint density at radius 3 is 2.40 bits per heavy atom. The second kappa shape index (κ2) is 9.99. The Balaban J connectivity index is 1.55. The maximum Gasteiger partial charge on any atom is 0.407 e. The summed E-state index contributed by atoms with van der Waals surface area (Å²) in [4.78, 5) is 16.0. The van der Waals surface area contributed by atoms with Crippen LogP contribution in [0.4, 0.5) is 4.79 Å². The summed E-state index contributed by atoms with van der Waals surface area (Å²) in [5, 5.41) is 9.25. The second-order valence-electron chi connectivity index (χ2n) is 6.55. The normalized spacial score (nSPS) is 12.3. The molecule has 0 spiro atoms. The van der Waals surface area contributed by atoms with E-state index in [0.29, 0.717) is 17.2 Å². The highest BCUT2D eigenvalue weighted by Gasteiger charge is 2.24. The number of aryl methyl sites for hydroxylation is 1. The van der Waals surface area contributed by atoms with Crippen LogP contribution in [-0.4, -0.2) is 42.0 Å². The van der Waals surface area contributed by atoms with Crippen LogP contribution in [0.2, 0.25) is 0 Å². The summed E-state index contributed by atoms with van der Waals surface area (Å²) in [5.41, 5.74) is 1.55. The fraction of sp³-hybridized carbons (Fsp3) is 0.250. The number of nitrogens with zero attached hydrogens (tertiary/aromatic N) is 2. The molecular formula is C20H23N5O4S. The summed E-state index contributed by atoms with van der Waals surface area (Å²) >= 11 is 0. The predicted molar refractivity (Wildman–Crippen MR) is 111 cm³/mol. The minimum absolute atomic E-state index is 0.0997. The number of aromatic nitrogens is 3. The van der Waals surface area contributed by atoms with Gasteiger partial charge in [-0.15, -0.1) is 0 Å². The van der Waals surface area contributed by atoms with Crippen LogP contribution in [0.15, 0.2) is 60.7 Å². The van der Waals surface area contributed by atoms with Crippen molar-refractivity contribution in [3.05, 3.63) is 83.4 Å². The van der Waals surface area contributed by atoms with Crippen LogP contribution in [0, 0.1) is 6.92 Å². The molecule has 0 saturated carbocycles. The zero-order valence-electron chi connectivity index (χ0n) is 16.4. The monoisotopic (exact) mass is 429 g/mol. The van der Waals surface area contributed by atoms with Gasteiger partial charge in [0.1, 0.15) is 18.5 Å². The van der Waals surface area contributed by atoms with E-state index in [9.17, 15) is 13.2 Å². The lowest BCUT2D eigenvalue weighted by Gasteiger charge is -2.16. The molecule has 158 valence electrons. The highest BCUT2D eigenvalue weighted by Crippen LogP contribution is 2.19. The van der Waals surface area contributed by atoms with Crippen molar-refractivity contribution in [2.24, 2.45) is 0 Å². The van der Waals surface area contributed by atoms with Gasteiger partial charge in [-0.3, -0.25) is 5.10 Å². The molecule has 0 aliphatic heterocycles. The van der Waals surface area contributed by atoms with E-state index in [1.807, 2.05) is 36.4 Å². The van der Waals surface area contributed by atoms with Crippen LogP contribution in [0.25, 0.3) is 0 Å². The van der Waals surface area contributed by atoms with Crippen LogP contribution in [-0.2, 0) is 21.4 Å². The van der Waals surface area contributed by atoms with Crippen molar-refractivity contribution < 1.29 is 17.9 Å². The standard InChI is InChI=1S/C20H23N5O4S/c1-15-22-19(24-23-15)18(17-10-6-3-7-11-17)25-30(27,28)13-12-21-20(26)29-14-16-8-4-2-5-9-16/h2-11,18,25H,12-14H2,1H3,(H,21,26)(H,22,23,24)/t18-/m1/s1. The van der Waals surface area contributed by atoms with Crippen molar-refractivity contribution >= 4 is 16.1 Å². The lowest BCUT2D eigenvalue weighted by atomic mass is 10.1. The third-order valence-corrected chi connectivity index (χ3v) is 5.49. The van der Waals surface area contributed by atoms with Crippen molar-refractivity contribution in [3.8, 4) is 0 Å². The van der Waals surface area contributed by atoms with Gasteiger partial charge < -0.3 is 10.1 Å². The van der Waals surface area contributed by atoms with Crippen molar-refractivity contribution in [2.45, 2.75) is 19.6 Å². The molecule has 1 amide bonds. The SMILES string of the molecule is Cc1nc([C@H](NS(=O)(=O)CCNC(=O)OCc2ccccc2)c2ccccc2)n[nH]1. The largest absolute Gasteiger partial charge is 0.445 e. The van der Waals surface area contributed by atoms with E-state index in [2.05, 4.69) is 25.2 Å². The van der Waals surface area contributed by atoms with Gasteiger partial charge in [-0.2, -0.15) is 9.82 Å². The number of benzene rings is 2. The first-order valence-corrected chi connectivity index (χ1v) is 11.0. The van der Waals surface area contributed by atoms with Crippen molar-refractivity contribution in [2.75, 3.05) is 12.3 Å². The minimum Gasteiger partial charge on any atom is -0.445 e. The Bertz CT molecular complexity index is 1060. The molecule has 1 heterocycles. The molecule has 10 heteroatoms. The summed E-state index contributed by atoms with van der Waals surface area (Å²) in [6, 6.07) is 17.5. The summed E-state index contributed by atoms with van der Waals surface area (Å²) in [6.45, 7) is 1.74. The molecule has 3 rings (SSSR count). The Morgan fingerprint density at radius 2 is 1.77 bits per heavy atom. The van der Waals surface area contributed by atoms with E-state index < -0.39 is 22.2 Å². The average Bonchev–Trinajstić information content (AvgIpc) is 3.18. The van der Waals surface area contributed by atoms with E-state index in [-0.39, 0.29) is 18.9 Å². The van der Waals surface area contributed by atoms with Crippen LogP contribution in [0.1, 0.15) is 28.8 Å². The highest BCUT2D eigenvalue weighted by molar-refractivity contribution is 7.89. The van der Waals surface area contributed by atoms with Crippen molar-refractivity contribution in [1.82, 2.24) is 25.2 Å². The Labute approximate surface area is 174 Å². The number of alkyl carbamates (subject to hydrolysis) is 1. The smallest absolute Gasteiger partial charge is 0.407 e. The molecule has 9 nitrogen and oxygen atoms in total. The van der Waals surface area contributed by atoms with Gasteiger partial charge in [-0.05, 0) is 18.1 Å². The first-order valence-electron chi connectivity index (χ1n) is 9.31. The summed E-state index contributed by atoms with van der Waals surface area (Å²) in [6.07, 6.45) is -0.682. The number of hydrogen-bond acceptors (Lipinski definition) is 6. The zero-order chi connectivity index (χ0) is 21.4. The summed E-state index contributed by atoms with van der Waals surface area (Å²) in [7, 11) is -3.74. The average molecular weight is 430 g/mol. The van der Waals surface area contributed by atoms with Gasteiger partial charge >= 0.3 is 6.09 Å². The number of sulfonamides is 1. The van der Waals surface area contributed by atoms with Gasteiger partial charge in [0.15, 0.2) is 5.82 Å². The van der Waals surface area contributed by atoms with Crippen molar-refractivity contribution in [1.29, 1.82) is 0 Å². The van der Waals surface area contributed by atoms with E-state index in [4.69, 9.17) is 4.74 Å². The van der Waals surface area contributed by atoms with E-state index in [1.54, 1.807) is 31.2 Å². The molecule has 0 bridgehead atoms. The van der Waals surface area contributed by atoms with Gasteiger partial charge in [0.2, 0.25) is 10.0 Å². The number of carbonyl (C=O) groups excluding carboxylic acids is 1. The quantitative estimate of drug-likeness (QED) is 0.478. The van der Waals surface area contributed by atoms with E-state index >= 15 is 0 Å². The summed E-state index contributed by atoms with van der Waals surface area (Å²) < 4.78 is 32.9. The summed E-state index contributed by atoms with van der Waals surface area (Å²) in [5.74, 6) is 0.575. The third kappa shape index (κ3) is 6.39. The molecule has 1 atom stereocenters. The first kappa shape index (κ1) is 21.5. The van der Waals surface area contributed by atoms with Crippen LogP contribution >= 0.6 is 0 Å². The molecule has 2 aromatic carbocycles. The van der Waals surface area contributed by atoms with Gasteiger partial charge in [-0.1, -0.05) is 60.7 Å². The highest BCUT2D eigenvalue weighted by atomic mass is 32.2. The molecule has 30 heavy (non-hydrogen) atoms. The maximum atomic E-state index is 12.6. The van der Waals surface area contributed by atoms with E-state index in [1.165, 1.54) is 0 Å². The Hall–Kier alpha value is -3.24. The Kier molecular flexibility index (Phi) is 7.15. The molecule has 0 saturated heterocycles. The van der Waals surface area contributed by atoms with Gasteiger partial charge in [0.05, 0.1) is 5.75 Å². The fourth-order valence-corrected chi connectivity index (χ4v) is 3.79. The van der Waals surface area contributed by atoms with Crippen LogP contribution in [0.5, 0.6) is 0 Å². The number of hydrogen-bond donors (Lipinski definition) is 3. The van der Waals surface area contributed by atoms with Gasteiger partial charge in [-0.25, -0.2) is 18.2 Å². The maximum absolute atomic E-state index is 12.6. The number of H-pyrrole nitrogens is 1. The molecular weight excluding hydrogens is 406 g/mol. The number of carbonyl (C=O) groups is 1. The lowest BCUT2D eigenvalue weighted by Crippen LogP contribution is -2.37. The molecule has 0 unspecified atom stereocenters. The third-order valence-electron chi connectivity index (χ3n) is 4.16. The molecule has 0 aliphatic carbocycles. The molecule has 0 aliphatic rings. The van der Waals surface area contributed by atoms with Crippen LogP contribution < -0.4 is 10.0 Å². The van der Waals surface area contributed by atoms with Gasteiger partial charge in [0.25, 0.3) is 0 Å². The lowest BCUT2D eigenvalue weighted by molar-refractivity contribution is 0.140.